The fraction of sp³-hybridized carbons (Fsp3) is 0.148. The number of nitrogens with zero attached hydrogens (tertiary/aromatic N) is 4. The van der Waals surface area contributed by atoms with Crippen molar-refractivity contribution in [1.82, 2.24) is 14.7 Å². The van der Waals surface area contributed by atoms with Crippen LogP contribution in [0.1, 0.15) is 13.8 Å². The largest absolute Gasteiger partial charge is 0.322 e. The highest BCUT2D eigenvalue weighted by Gasteiger charge is 2.22. The molecule has 4 rings (SSSR count). The summed E-state index contributed by atoms with van der Waals surface area (Å²) in [6.07, 6.45) is 0. The SMILES string of the molecule is CC(C)N(CC(=O)Nc1cc(-c2ccccc2)nn1-c1ccc(F)cc1)C(=O)Nc1ccc([N+](=O)[O-])cc1. The molecule has 11 heteroatoms. The second kappa shape index (κ2) is 11.3. The van der Waals surface area contributed by atoms with Crippen LogP contribution >= 0.6 is 0 Å². The quantitative estimate of drug-likeness (QED) is 0.238. The van der Waals surface area contributed by atoms with Crippen LogP contribution < -0.4 is 10.6 Å². The Labute approximate surface area is 217 Å². The molecule has 4 aromatic rings. The van der Waals surface area contributed by atoms with E-state index < -0.39 is 22.7 Å². The van der Waals surface area contributed by atoms with Crippen molar-refractivity contribution in [2.75, 3.05) is 17.2 Å². The van der Waals surface area contributed by atoms with Gasteiger partial charge < -0.3 is 15.5 Å². The maximum absolute atomic E-state index is 13.5. The molecule has 0 spiro atoms. The number of hydrogen-bond donors (Lipinski definition) is 2. The number of nitro benzene ring substituents is 1. The van der Waals surface area contributed by atoms with Gasteiger partial charge in [0, 0.05) is 35.5 Å². The summed E-state index contributed by atoms with van der Waals surface area (Å²) in [5, 5.41) is 20.9. The smallest absolute Gasteiger partial charge is 0.313 e. The van der Waals surface area contributed by atoms with Crippen molar-refractivity contribution in [1.29, 1.82) is 0 Å². The number of carbonyl (C=O) groups is 2. The summed E-state index contributed by atoms with van der Waals surface area (Å²) < 4.78 is 15.0. The van der Waals surface area contributed by atoms with Crippen LogP contribution in [0.15, 0.2) is 84.9 Å². The minimum Gasteiger partial charge on any atom is -0.313 e. The van der Waals surface area contributed by atoms with Crippen molar-refractivity contribution in [3.63, 3.8) is 0 Å². The molecular weight excluding hydrogens is 491 g/mol. The average molecular weight is 517 g/mol. The van der Waals surface area contributed by atoms with Crippen molar-refractivity contribution in [3.05, 3.63) is 101 Å². The van der Waals surface area contributed by atoms with Crippen LogP contribution in [0.4, 0.5) is 26.4 Å². The van der Waals surface area contributed by atoms with Gasteiger partial charge in [0.25, 0.3) is 5.69 Å². The first-order valence-electron chi connectivity index (χ1n) is 11.7. The maximum atomic E-state index is 13.5. The van der Waals surface area contributed by atoms with Crippen LogP contribution in [-0.4, -0.2) is 44.1 Å². The number of halogens is 1. The number of nitrogens with one attached hydrogen (secondary N) is 2. The molecule has 1 aromatic heterocycles. The van der Waals surface area contributed by atoms with Crippen LogP contribution in [0.25, 0.3) is 16.9 Å². The van der Waals surface area contributed by atoms with E-state index in [2.05, 4.69) is 15.7 Å². The standard InChI is InChI=1S/C27H25FN6O4/c1-18(2)32(27(36)29-21-10-14-23(15-11-21)34(37)38)17-26(35)30-25-16-24(19-6-4-3-5-7-19)31-33(25)22-12-8-20(28)9-13-22/h3-16,18H,17H2,1-2H3,(H,29,36)(H,30,35). The summed E-state index contributed by atoms with van der Waals surface area (Å²) in [5.41, 5.74) is 2.22. The van der Waals surface area contributed by atoms with Crippen LogP contribution in [0.5, 0.6) is 0 Å². The van der Waals surface area contributed by atoms with Gasteiger partial charge >= 0.3 is 6.03 Å². The molecule has 0 radical (unpaired) electrons. The average Bonchev–Trinajstić information content (AvgIpc) is 3.32. The molecule has 194 valence electrons. The van der Waals surface area contributed by atoms with E-state index in [1.807, 2.05) is 30.3 Å². The summed E-state index contributed by atoms with van der Waals surface area (Å²) in [6, 6.07) is 21.3. The van der Waals surface area contributed by atoms with E-state index in [1.54, 1.807) is 32.0 Å². The zero-order chi connectivity index (χ0) is 27.2. The zero-order valence-electron chi connectivity index (χ0n) is 20.7. The first-order chi connectivity index (χ1) is 18.2. The van der Waals surface area contributed by atoms with Gasteiger partial charge in [0.05, 0.1) is 16.3 Å². The normalized spacial score (nSPS) is 10.7. The van der Waals surface area contributed by atoms with Crippen molar-refractivity contribution < 1.29 is 18.9 Å². The highest BCUT2D eigenvalue weighted by molar-refractivity contribution is 5.97. The number of anilines is 2. The molecule has 0 fully saturated rings. The number of aromatic nitrogens is 2. The van der Waals surface area contributed by atoms with E-state index in [9.17, 15) is 24.1 Å². The third-order valence-electron chi connectivity index (χ3n) is 5.65. The van der Waals surface area contributed by atoms with Gasteiger partial charge in [0.15, 0.2) is 0 Å². The third kappa shape index (κ3) is 6.19. The van der Waals surface area contributed by atoms with Crippen molar-refractivity contribution in [3.8, 4) is 16.9 Å². The van der Waals surface area contributed by atoms with Crippen LogP contribution in [0, 0.1) is 15.9 Å². The summed E-state index contributed by atoms with van der Waals surface area (Å²) >= 11 is 0. The number of rotatable bonds is 8. The highest BCUT2D eigenvalue weighted by Crippen LogP contribution is 2.25. The van der Waals surface area contributed by atoms with Gasteiger partial charge in [-0.25, -0.2) is 13.9 Å². The molecule has 0 bridgehead atoms. The van der Waals surface area contributed by atoms with Crippen molar-refractivity contribution in [2.24, 2.45) is 0 Å². The third-order valence-corrected chi connectivity index (χ3v) is 5.65. The highest BCUT2D eigenvalue weighted by atomic mass is 19.1. The Morgan fingerprint density at radius 3 is 2.26 bits per heavy atom. The molecular formula is C27H25FN6O4. The number of urea groups is 1. The molecule has 0 aliphatic carbocycles. The Balaban J connectivity index is 1.53. The molecule has 2 N–H and O–H groups in total. The van der Waals surface area contributed by atoms with Crippen LogP contribution in [0.2, 0.25) is 0 Å². The van der Waals surface area contributed by atoms with E-state index in [1.165, 1.54) is 46.0 Å². The van der Waals surface area contributed by atoms with Crippen molar-refractivity contribution >= 4 is 29.1 Å². The van der Waals surface area contributed by atoms with E-state index in [4.69, 9.17) is 0 Å². The Morgan fingerprint density at radius 1 is 1.00 bits per heavy atom. The lowest BCUT2D eigenvalue weighted by Gasteiger charge is -2.26. The molecule has 10 nitrogen and oxygen atoms in total. The first kappa shape index (κ1) is 26.0. The minimum atomic E-state index is -0.541. The van der Waals surface area contributed by atoms with E-state index >= 15 is 0 Å². The molecule has 0 saturated carbocycles. The second-order valence-corrected chi connectivity index (χ2v) is 8.67. The lowest BCUT2D eigenvalue weighted by Crippen LogP contribution is -2.44. The van der Waals surface area contributed by atoms with Crippen LogP contribution in [0.3, 0.4) is 0 Å². The molecule has 0 atom stereocenters. The number of benzene rings is 3. The summed E-state index contributed by atoms with van der Waals surface area (Å²) in [5.74, 6) is -0.526. The van der Waals surface area contributed by atoms with E-state index in [0.717, 1.165) is 5.56 Å². The Morgan fingerprint density at radius 2 is 1.66 bits per heavy atom. The van der Waals surface area contributed by atoms with E-state index in [-0.39, 0.29) is 18.3 Å². The van der Waals surface area contributed by atoms with Crippen LogP contribution in [-0.2, 0) is 4.79 Å². The number of hydrogen-bond acceptors (Lipinski definition) is 5. The molecule has 0 saturated heterocycles. The first-order valence-corrected chi connectivity index (χ1v) is 11.7. The maximum Gasteiger partial charge on any atom is 0.322 e. The fourth-order valence-electron chi connectivity index (χ4n) is 3.69. The Bertz CT molecular complexity index is 1440. The number of carbonyl (C=O) groups excluding carboxylic acids is 2. The predicted octanol–water partition coefficient (Wildman–Crippen LogP) is 5.47. The summed E-state index contributed by atoms with van der Waals surface area (Å²) in [6.45, 7) is 3.25. The summed E-state index contributed by atoms with van der Waals surface area (Å²) in [7, 11) is 0. The molecule has 1 heterocycles. The molecule has 0 unspecified atom stereocenters. The molecule has 0 aliphatic heterocycles. The number of non-ortho nitro benzene ring substituents is 1. The topological polar surface area (TPSA) is 122 Å². The monoisotopic (exact) mass is 516 g/mol. The van der Waals surface area contributed by atoms with Gasteiger partial charge in [-0.2, -0.15) is 5.10 Å². The lowest BCUT2D eigenvalue weighted by molar-refractivity contribution is -0.384. The van der Waals surface area contributed by atoms with E-state index in [0.29, 0.717) is 22.9 Å². The molecule has 3 amide bonds. The minimum absolute atomic E-state index is 0.101. The predicted molar refractivity (Wildman–Crippen MR) is 142 cm³/mol. The molecule has 3 aromatic carbocycles. The van der Waals surface area contributed by atoms with Gasteiger partial charge in [-0.15, -0.1) is 0 Å². The van der Waals surface area contributed by atoms with Gasteiger partial charge in [0.2, 0.25) is 5.91 Å². The number of amides is 3. The van der Waals surface area contributed by atoms with Gasteiger partial charge in [-0.05, 0) is 50.2 Å². The summed E-state index contributed by atoms with van der Waals surface area (Å²) in [4.78, 5) is 37.6. The molecule has 38 heavy (non-hydrogen) atoms. The molecule has 0 aliphatic rings. The van der Waals surface area contributed by atoms with Gasteiger partial charge in [-0.1, -0.05) is 30.3 Å². The number of nitro groups is 1. The van der Waals surface area contributed by atoms with Gasteiger partial charge in [-0.3, -0.25) is 14.9 Å². The second-order valence-electron chi connectivity index (χ2n) is 8.67. The van der Waals surface area contributed by atoms with Gasteiger partial charge in [0.1, 0.15) is 18.2 Å². The van der Waals surface area contributed by atoms with Crippen molar-refractivity contribution in [2.45, 2.75) is 19.9 Å². The Kier molecular flexibility index (Phi) is 7.76. The fourth-order valence-corrected chi connectivity index (χ4v) is 3.69. The Hall–Kier alpha value is -5.06. The lowest BCUT2D eigenvalue weighted by atomic mass is 10.1. The zero-order valence-corrected chi connectivity index (χ0v) is 20.7.